The normalized spacial score (nSPS) is 16.4. The maximum atomic E-state index is 5.56. The molecule has 2 rings (SSSR count). The minimum absolute atomic E-state index is 0.305. The molecule has 2 heterocycles. The average molecular weight is 212 g/mol. The Bertz CT molecular complexity index is 329. The largest absolute Gasteiger partial charge is 0.379 e. The van der Waals surface area contributed by atoms with E-state index in [1.54, 1.807) is 11.8 Å². The first kappa shape index (κ1) is 9.54. The Labute approximate surface area is 86.5 Å². The van der Waals surface area contributed by atoms with Crippen LogP contribution in [0.3, 0.4) is 0 Å². The Balaban J connectivity index is 2.11. The van der Waals surface area contributed by atoms with Gasteiger partial charge in [0.25, 0.3) is 0 Å². The molecule has 0 saturated carbocycles. The van der Waals surface area contributed by atoms with Crippen LogP contribution in [-0.2, 0) is 4.74 Å². The van der Waals surface area contributed by atoms with Gasteiger partial charge in [0.1, 0.15) is 10.8 Å². The van der Waals surface area contributed by atoms with Gasteiger partial charge in [-0.1, -0.05) is 11.8 Å². The minimum atomic E-state index is 0.305. The Hall–Kier alpha value is -1.01. The SMILES string of the molecule is CNc1cc(SC2COC2)nc(N)n1. The van der Waals surface area contributed by atoms with E-state index in [2.05, 4.69) is 15.3 Å². The number of hydrogen-bond acceptors (Lipinski definition) is 6. The van der Waals surface area contributed by atoms with Crippen LogP contribution in [0.2, 0.25) is 0 Å². The molecule has 5 nitrogen and oxygen atoms in total. The maximum absolute atomic E-state index is 5.56. The second-order valence-electron chi connectivity index (χ2n) is 2.98. The van der Waals surface area contributed by atoms with Crippen LogP contribution in [0.25, 0.3) is 0 Å². The van der Waals surface area contributed by atoms with Crippen molar-refractivity contribution in [2.45, 2.75) is 10.3 Å². The fraction of sp³-hybridized carbons (Fsp3) is 0.500. The highest BCUT2D eigenvalue weighted by Crippen LogP contribution is 2.27. The molecule has 0 bridgehead atoms. The zero-order valence-electron chi connectivity index (χ0n) is 7.86. The van der Waals surface area contributed by atoms with Crippen molar-refractivity contribution in [1.29, 1.82) is 0 Å². The molecule has 0 unspecified atom stereocenters. The standard InChI is InChI=1S/C8H12N4OS/c1-10-6-2-7(12-8(9)11-6)14-5-3-13-4-5/h2,5H,3-4H2,1H3,(H3,9,10,11,12). The number of nitrogens with zero attached hydrogens (tertiary/aromatic N) is 2. The Kier molecular flexibility index (Phi) is 2.74. The number of nitrogens with two attached hydrogens (primary N) is 1. The van der Waals surface area contributed by atoms with Crippen LogP contribution in [0.1, 0.15) is 0 Å². The molecular weight excluding hydrogens is 200 g/mol. The van der Waals surface area contributed by atoms with Gasteiger partial charge in [0, 0.05) is 13.1 Å². The number of anilines is 2. The first-order valence-corrected chi connectivity index (χ1v) is 5.22. The van der Waals surface area contributed by atoms with Crippen LogP contribution >= 0.6 is 11.8 Å². The van der Waals surface area contributed by atoms with Gasteiger partial charge in [-0.15, -0.1) is 0 Å². The summed E-state index contributed by atoms with van der Waals surface area (Å²) in [5.74, 6) is 1.06. The predicted molar refractivity (Wildman–Crippen MR) is 56.5 cm³/mol. The molecule has 1 aliphatic heterocycles. The lowest BCUT2D eigenvalue weighted by atomic mass is 10.4. The number of thioether (sulfide) groups is 1. The van der Waals surface area contributed by atoms with Crippen molar-refractivity contribution in [2.24, 2.45) is 0 Å². The van der Waals surface area contributed by atoms with Gasteiger partial charge in [0.05, 0.1) is 18.5 Å². The fourth-order valence-electron chi connectivity index (χ4n) is 1.08. The van der Waals surface area contributed by atoms with E-state index in [0.29, 0.717) is 11.2 Å². The van der Waals surface area contributed by atoms with Crippen LogP contribution in [-0.4, -0.2) is 35.5 Å². The highest BCUT2D eigenvalue weighted by atomic mass is 32.2. The number of nitrogens with one attached hydrogen (secondary N) is 1. The summed E-state index contributed by atoms with van der Waals surface area (Å²) in [6, 6.07) is 1.89. The molecule has 1 aromatic rings. The molecule has 6 heteroatoms. The molecule has 0 amide bonds. The van der Waals surface area contributed by atoms with Crippen LogP contribution in [0.4, 0.5) is 11.8 Å². The van der Waals surface area contributed by atoms with Gasteiger partial charge in [-0.25, -0.2) is 4.98 Å². The van der Waals surface area contributed by atoms with Crippen LogP contribution in [0.5, 0.6) is 0 Å². The van der Waals surface area contributed by atoms with E-state index in [9.17, 15) is 0 Å². The zero-order valence-corrected chi connectivity index (χ0v) is 8.67. The lowest BCUT2D eigenvalue weighted by Crippen LogP contribution is -2.30. The van der Waals surface area contributed by atoms with E-state index in [0.717, 1.165) is 24.1 Å². The molecule has 0 radical (unpaired) electrons. The van der Waals surface area contributed by atoms with Crippen molar-refractivity contribution >= 4 is 23.5 Å². The molecule has 1 saturated heterocycles. The Morgan fingerprint density at radius 3 is 2.93 bits per heavy atom. The van der Waals surface area contributed by atoms with E-state index in [1.807, 2.05) is 13.1 Å². The summed E-state index contributed by atoms with van der Waals surface area (Å²) in [4.78, 5) is 8.15. The molecule has 1 fully saturated rings. The molecule has 0 aromatic carbocycles. The summed E-state index contributed by atoms with van der Waals surface area (Å²) in [6.07, 6.45) is 0. The second kappa shape index (κ2) is 4.02. The summed E-state index contributed by atoms with van der Waals surface area (Å²) >= 11 is 1.68. The number of aromatic nitrogens is 2. The smallest absolute Gasteiger partial charge is 0.223 e. The summed E-state index contributed by atoms with van der Waals surface area (Å²) < 4.78 is 5.08. The van der Waals surface area contributed by atoms with Gasteiger partial charge in [0.15, 0.2) is 0 Å². The summed E-state index contributed by atoms with van der Waals surface area (Å²) in [5.41, 5.74) is 5.56. The predicted octanol–water partition coefficient (Wildman–Crippen LogP) is 0.591. The third-order valence-electron chi connectivity index (χ3n) is 1.87. The highest BCUT2D eigenvalue weighted by molar-refractivity contribution is 8.00. The van der Waals surface area contributed by atoms with Gasteiger partial charge in [0.2, 0.25) is 5.95 Å². The van der Waals surface area contributed by atoms with E-state index < -0.39 is 0 Å². The van der Waals surface area contributed by atoms with E-state index in [-0.39, 0.29) is 0 Å². The summed E-state index contributed by atoms with van der Waals surface area (Å²) in [6.45, 7) is 1.59. The molecule has 0 atom stereocenters. The van der Waals surface area contributed by atoms with Gasteiger partial charge >= 0.3 is 0 Å². The number of rotatable bonds is 3. The molecule has 0 spiro atoms. The van der Waals surface area contributed by atoms with E-state index >= 15 is 0 Å². The quantitative estimate of drug-likeness (QED) is 0.714. The molecule has 0 aliphatic carbocycles. The molecule has 1 aliphatic rings. The highest BCUT2D eigenvalue weighted by Gasteiger charge is 2.20. The zero-order chi connectivity index (χ0) is 9.97. The molecule has 1 aromatic heterocycles. The maximum Gasteiger partial charge on any atom is 0.223 e. The fourth-order valence-corrected chi connectivity index (χ4v) is 2.08. The first-order chi connectivity index (χ1) is 6.78. The van der Waals surface area contributed by atoms with Gasteiger partial charge in [-0.3, -0.25) is 0 Å². The summed E-state index contributed by atoms with van der Waals surface area (Å²) in [5, 5.41) is 4.35. The third kappa shape index (κ3) is 2.08. The van der Waals surface area contributed by atoms with Gasteiger partial charge < -0.3 is 15.8 Å². The number of hydrogen-bond donors (Lipinski definition) is 2. The Morgan fingerprint density at radius 2 is 2.36 bits per heavy atom. The number of ether oxygens (including phenoxy) is 1. The molecular formula is C8H12N4OS. The lowest BCUT2D eigenvalue weighted by molar-refractivity contribution is 0.0454. The molecule has 3 N–H and O–H groups in total. The number of nitrogen functional groups attached to an aromatic ring is 1. The van der Waals surface area contributed by atoms with Crippen molar-refractivity contribution in [2.75, 3.05) is 31.3 Å². The average Bonchev–Trinajstić information content (AvgIpc) is 2.10. The lowest BCUT2D eigenvalue weighted by Gasteiger charge is -2.24. The third-order valence-corrected chi connectivity index (χ3v) is 2.93. The van der Waals surface area contributed by atoms with Crippen LogP contribution in [0, 0.1) is 0 Å². The van der Waals surface area contributed by atoms with E-state index in [4.69, 9.17) is 10.5 Å². The summed E-state index contributed by atoms with van der Waals surface area (Å²) in [7, 11) is 1.81. The topological polar surface area (TPSA) is 73.1 Å². The van der Waals surface area contributed by atoms with Crippen molar-refractivity contribution in [1.82, 2.24) is 9.97 Å². The monoisotopic (exact) mass is 212 g/mol. The van der Waals surface area contributed by atoms with Crippen molar-refractivity contribution in [3.63, 3.8) is 0 Å². The van der Waals surface area contributed by atoms with Crippen molar-refractivity contribution in [3.05, 3.63) is 6.07 Å². The minimum Gasteiger partial charge on any atom is -0.379 e. The van der Waals surface area contributed by atoms with Gasteiger partial charge in [-0.05, 0) is 0 Å². The van der Waals surface area contributed by atoms with Crippen LogP contribution < -0.4 is 11.1 Å². The van der Waals surface area contributed by atoms with Gasteiger partial charge in [-0.2, -0.15) is 4.98 Å². The van der Waals surface area contributed by atoms with Crippen molar-refractivity contribution in [3.8, 4) is 0 Å². The first-order valence-electron chi connectivity index (χ1n) is 4.34. The van der Waals surface area contributed by atoms with E-state index in [1.165, 1.54) is 0 Å². The molecule has 14 heavy (non-hydrogen) atoms. The second-order valence-corrected chi connectivity index (χ2v) is 4.30. The Morgan fingerprint density at radius 1 is 1.57 bits per heavy atom. The van der Waals surface area contributed by atoms with Crippen molar-refractivity contribution < 1.29 is 4.74 Å². The van der Waals surface area contributed by atoms with Crippen LogP contribution in [0.15, 0.2) is 11.1 Å². The molecule has 76 valence electrons.